The van der Waals surface area contributed by atoms with Gasteiger partial charge in [0.25, 0.3) is 0 Å². The number of carbonyl (C=O) groups excluding carboxylic acids is 1. The molecule has 0 saturated heterocycles. The predicted molar refractivity (Wildman–Crippen MR) is 78.2 cm³/mol. The van der Waals surface area contributed by atoms with Crippen LogP contribution in [0.3, 0.4) is 0 Å². The smallest absolute Gasteiger partial charge is 0.224 e. The molecule has 0 saturated carbocycles. The highest BCUT2D eigenvalue weighted by Crippen LogP contribution is 2.29. The van der Waals surface area contributed by atoms with Gasteiger partial charge in [0.05, 0.1) is 5.45 Å². The average Bonchev–Trinajstić information content (AvgIpc) is 2.35. The molecular weight excluding hydrogens is 292 g/mol. The maximum Gasteiger partial charge on any atom is 0.224 e. The molecule has 1 amide bonds. The van der Waals surface area contributed by atoms with Crippen LogP contribution < -0.4 is 10.6 Å². The van der Waals surface area contributed by atoms with Gasteiger partial charge in [-0.2, -0.15) is 0 Å². The molecule has 0 aromatic heterocycles. The number of halogens is 1. The van der Waals surface area contributed by atoms with Crippen LogP contribution in [0.5, 0.6) is 0 Å². The Labute approximate surface area is 116 Å². The fourth-order valence-corrected chi connectivity index (χ4v) is 2.46. The van der Waals surface area contributed by atoms with Gasteiger partial charge in [-0.3, -0.25) is 4.79 Å². The Bertz CT molecular complexity index is 457. The Balaban J connectivity index is 2.23. The molecule has 1 aromatic carbocycles. The Morgan fingerprint density at radius 1 is 1.39 bits per heavy atom. The molecule has 2 N–H and O–H groups in total. The second-order valence-corrected chi connectivity index (χ2v) is 5.93. The highest BCUT2D eigenvalue weighted by molar-refractivity contribution is 9.09. The van der Waals surface area contributed by atoms with Gasteiger partial charge in [-0.15, -0.1) is 0 Å². The van der Waals surface area contributed by atoms with E-state index in [1.165, 1.54) is 11.1 Å². The van der Waals surface area contributed by atoms with Crippen LogP contribution in [0.4, 0.5) is 5.69 Å². The number of nitrogens with one attached hydrogen (secondary N) is 2. The Morgan fingerprint density at radius 2 is 2.17 bits per heavy atom. The molecule has 0 atom stereocenters. The number of carbonyl (C=O) groups is 1. The summed E-state index contributed by atoms with van der Waals surface area (Å²) in [5, 5.41) is 6.24. The molecule has 98 valence electrons. The van der Waals surface area contributed by atoms with Crippen LogP contribution in [0.25, 0.3) is 0 Å². The van der Waals surface area contributed by atoms with Crippen molar-refractivity contribution in [3.8, 4) is 0 Å². The monoisotopic (exact) mass is 310 g/mol. The second-order valence-electron chi connectivity index (χ2n) is 5.36. The molecule has 2 rings (SSSR count). The zero-order valence-electron chi connectivity index (χ0n) is 10.8. The van der Waals surface area contributed by atoms with Crippen molar-refractivity contribution in [2.75, 3.05) is 17.3 Å². The van der Waals surface area contributed by atoms with E-state index < -0.39 is 0 Å². The number of hydrogen-bond donors (Lipinski definition) is 2. The summed E-state index contributed by atoms with van der Waals surface area (Å²) in [6.07, 6.45) is 1.44. The summed E-state index contributed by atoms with van der Waals surface area (Å²) in [7, 11) is 0. The standard InChI is InChI=1S/C14H19BrN2O/c1-14(2,8-16-9-15)11-4-5-12-10(7-11)3-6-13(18)17-12/h4-5,7,16H,3,6,8-9H2,1-2H3,(H,17,18). The molecule has 0 unspecified atom stereocenters. The SMILES string of the molecule is CC(C)(CNCBr)c1ccc2c(c1)CCC(=O)N2. The third-order valence-electron chi connectivity index (χ3n) is 3.44. The molecule has 1 aliphatic rings. The van der Waals surface area contributed by atoms with E-state index in [-0.39, 0.29) is 11.3 Å². The maximum atomic E-state index is 11.3. The Morgan fingerprint density at radius 3 is 2.89 bits per heavy atom. The second kappa shape index (κ2) is 5.41. The first-order valence-corrected chi connectivity index (χ1v) is 7.35. The highest BCUT2D eigenvalue weighted by atomic mass is 79.9. The van der Waals surface area contributed by atoms with Crippen molar-refractivity contribution >= 4 is 27.5 Å². The van der Waals surface area contributed by atoms with Crippen LogP contribution in [0, 0.1) is 0 Å². The minimum atomic E-state index is 0.0876. The lowest BCUT2D eigenvalue weighted by molar-refractivity contribution is -0.116. The fraction of sp³-hybridized carbons (Fsp3) is 0.500. The summed E-state index contributed by atoms with van der Waals surface area (Å²) in [5.41, 5.74) is 4.42. The van der Waals surface area contributed by atoms with Gasteiger partial charge in [0.15, 0.2) is 0 Å². The number of fused-ring (bicyclic) bond motifs is 1. The molecule has 0 fully saturated rings. The van der Waals surface area contributed by atoms with Crippen molar-refractivity contribution in [3.63, 3.8) is 0 Å². The van der Waals surface area contributed by atoms with E-state index in [0.717, 1.165) is 24.1 Å². The topological polar surface area (TPSA) is 41.1 Å². The summed E-state index contributed by atoms with van der Waals surface area (Å²) in [4.78, 5) is 11.3. The summed E-state index contributed by atoms with van der Waals surface area (Å²) in [6.45, 7) is 5.38. The number of rotatable bonds is 4. The lowest BCUT2D eigenvalue weighted by Crippen LogP contribution is -2.32. The van der Waals surface area contributed by atoms with Crippen molar-refractivity contribution in [1.29, 1.82) is 0 Å². The number of amides is 1. The Kier molecular flexibility index (Phi) is 4.07. The van der Waals surface area contributed by atoms with Crippen LogP contribution in [-0.2, 0) is 16.6 Å². The van der Waals surface area contributed by atoms with Crippen molar-refractivity contribution in [3.05, 3.63) is 29.3 Å². The van der Waals surface area contributed by atoms with E-state index in [1.807, 2.05) is 6.07 Å². The summed E-state index contributed by atoms with van der Waals surface area (Å²) < 4.78 is 0. The quantitative estimate of drug-likeness (QED) is 0.663. The van der Waals surface area contributed by atoms with Gasteiger partial charge < -0.3 is 10.6 Å². The van der Waals surface area contributed by atoms with E-state index in [0.29, 0.717) is 6.42 Å². The van der Waals surface area contributed by atoms with E-state index in [2.05, 4.69) is 52.5 Å². The van der Waals surface area contributed by atoms with Crippen LogP contribution in [0.2, 0.25) is 0 Å². The zero-order chi connectivity index (χ0) is 13.2. The van der Waals surface area contributed by atoms with Crippen LogP contribution in [-0.4, -0.2) is 17.9 Å². The largest absolute Gasteiger partial charge is 0.326 e. The van der Waals surface area contributed by atoms with Crippen molar-refractivity contribution in [2.24, 2.45) is 0 Å². The summed E-state index contributed by atoms with van der Waals surface area (Å²) in [5.74, 6) is 0.121. The predicted octanol–water partition coefficient (Wildman–Crippen LogP) is 2.79. The number of anilines is 1. The lowest BCUT2D eigenvalue weighted by atomic mass is 9.83. The lowest BCUT2D eigenvalue weighted by Gasteiger charge is -2.27. The Hall–Kier alpha value is -0.870. The van der Waals surface area contributed by atoms with E-state index >= 15 is 0 Å². The molecule has 0 spiro atoms. The van der Waals surface area contributed by atoms with Crippen LogP contribution >= 0.6 is 15.9 Å². The number of alkyl halides is 1. The van der Waals surface area contributed by atoms with Gasteiger partial charge in [0.2, 0.25) is 5.91 Å². The van der Waals surface area contributed by atoms with Gasteiger partial charge in [0.1, 0.15) is 0 Å². The average molecular weight is 311 g/mol. The maximum absolute atomic E-state index is 11.3. The molecule has 3 nitrogen and oxygen atoms in total. The molecule has 1 aromatic rings. The van der Waals surface area contributed by atoms with Crippen molar-refractivity contribution in [1.82, 2.24) is 5.32 Å². The first-order chi connectivity index (χ1) is 8.53. The fourth-order valence-electron chi connectivity index (χ4n) is 2.27. The first-order valence-electron chi connectivity index (χ1n) is 6.23. The summed E-state index contributed by atoms with van der Waals surface area (Å²) >= 11 is 3.38. The number of hydrogen-bond acceptors (Lipinski definition) is 2. The molecule has 4 heteroatoms. The molecule has 1 heterocycles. The third kappa shape index (κ3) is 2.93. The van der Waals surface area contributed by atoms with Crippen LogP contribution in [0.15, 0.2) is 18.2 Å². The molecule has 18 heavy (non-hydrogen) atoms. The van der Waals surface area contributed by atoms with Gasteiger partial charge in [-0.05, 0) is 23.6 Å². The molecule has 1 aliphatic heterocycles. The van der Waals surface area contributed by atoms with Gasteiger partial charge in [0, 0.05) is 24.1 Å². The first kappa shape index (κ1) is 13.6. The van der Waals surface area contributed by atoms with Gasteiger partial charge in [-0.1, -0.05) is 41.9 Å². The molecule has 0 aliphatic carbocycles. The van der Waals surface area contributed by atoms with Crippen molar-refractivity contribution in [2.45, 2.75) is 32.1 Å². The van der Waals surface area contributed by atoms with Gasteiger partial charge in [-0.25, -0.2) is 0 Å². The number of aryl methyl sites for hydroxylation is 1. The third-order valence-corrected chi connectivity index (χ3v) is 3.84. The van der Waals surface area contributed by atoms with Crippen LogP contribution in [0.1, 0.15) is 31.4 Å². The van der Waals surface area contributed by atoms with E-state index in [4.69, 9.17) is 0 Å². The molecular formula is C14H19BrN2O. The van der Waals surface area contributed by atoms with Gasteiger partial charge >= 0.3 is 0 Å². The number of benzene rings is 1. The normalized spacial score (nSPS) is 15.2. The van der Waals surface area contributed by atoms with E-state index in [1.54, 1.807) is 0 Å². The molecule has 0 bridgehead atoms. The minimum absolute atomic E-state index is 0.0876. The van der Waals surface area contributed by atoms with Crippen molar-refractivity contribution < 1.29 is 4.79 Å². The zero-order valence-corrected chi connectivity index (χ0v) is 12.4. The minimum Gasteiger partial charge on any atom is -0.326 e. The molecule has 0 radical (unpaired) electrons. The highest BCUT2D eigenvalue weighted by Gasteiger charge is 2.22. The van der Waals surface area contributed by atoms with E-state index in [9.17, 15) is 4.79 Å². The summed E-state index contributed by atoms with van der Waals surface area (Å²) in [6, 6.07) is 6.36.